The summed E-state index contributed by atoms with van der Waals surface area (Å²) >= 11 is 0. The Kier molecular flexibility index (Phi) is 13.6. The van der Waals surface area contributed by atoms with Gasteiger partial charge in [0.1, 0.15) is 13.2 Å². The van der Waals surface area contributed by atoms with Crippen LogP contribution in [0.25, 0.3) is 0 Å². The quantitative estimate of drug-likeness (QED) is 0.232. The average molecular weight is 549 g/mol. The van der Waals surface area contributed by atoms with Crippen molar-refractivity contribution in [3.63, 3.8) is 0 Å². The first kappa shape index (κ1) is 33.2. The molecule has 0 saturated heterocycles. The second kappa shape index (κ2) is 15.5. The number of nitrogen functional groups attached to an aromatic ring is 1. The van der Waals surface area contributed by atoms with Crippen molar-refractivity contribution in [3.05, 3.63) is 23.3 Å². The fourth-order valence-electron chi connectivity index (χ4n) is 2.91. The smallest absolute Gasteiger partial charge is 0.459 e. The number of benzene rings is 1. The first-order valence-corrected chi connectivity index (χ1v) is 12.5. The molecule has 9 nitrogen and oxygen atoms in total. The Balaban J connectivity index is 3.04. The molecular formula is C26H39F3N2O7. The number of carbonyl (C=O) groups is 3. The molecule has 0 aliphatic rings. The van der Waals surface area contributed by atoms with Gasteiger partial charge in [0.2, 0.25) is 0 Å². The summed E-state index contributed by atoms with van der Waals surface area (Å²) in [4.78, 5) is 37.0. The van der Waals surface area contributed by atoms with E-state index in [2.05, 4.69) is 0 Å². The summed E-state index contributed by atoms with van der Waals surface area (Å²) in [5.74, 6) is -3.48. The molecule has 0 unspecified atom stereocenters. The molecule has 0 radical (unpaired) electrons. The van der Waals surface area contributed by atoms with Gasteiger partial charge in [-0.15, -0.1) is 0 Å². The molecular weight excluding hydrogens is 509 g/mol. The molecule has 0 fully saturated rings. The van der Waals surface area contributed by atoms with Crippen LogP contribution in [0.2, 0.25) is 0 Å². The van der Waals surface area contributed by atoms with Gasteiger partial charge in [-0.05, 0) is 50.7 Å². The Morgan fingerprint density at radius 1 is 0.816 bits per heavy atom. The van der Waals surface area contributed by atoms with E-state index in [1.54, 1.807) is 19.2 Å². The number of halogens is 3. The van der Waals surface area contributed by atoms with E-state index in [-0.39, 0.29) is 24.5 Å². The maximum absolute atomic E-state index is 12.9. The molecule has 0 aromatic heterocycles. The zero-order valence-corrected chi connectivity index (χ0v) is 22.8. The highest BCUT2D eigenvalue weighted by Crippen LogP contribution is 2.27. The lowest BCUT2D eigenvalue weighted by Crippen LogP contribution is -2.31. The Morgan fingerprint density at radius 2 is 1.26 bits per heavy atom. The van der Waals surface area contributed by atoms with Gasteiger partial charge in [-0.1, -0.05) is 27.7 Å². The molecule has 1 amide bonds. The van der Waals surface area contributed by atoms with E-state index in [0.717, 1.165) is 25.0 Å². The fourth-order valence-corrected chi connectivity index (χ4v) is 2.91. The third-order valence-electron chi connectivity index (χ3n) is 5.23. The standard InChI is InChI=1S/C26H39F3N2O7/c1-15(2)7-9-35-17(5)13-37-23(32)19-11-20(22(12-21(19)30)31-25(34)26(27,28)29)24(33)38-14-18(6)36-10-8-16(3)4/h11-12,15-18H,7-10,13-14,30H2,1-6H3,(H,31,34)/t17-,18-/m0/s1. The summed E-state index contributed by atoms with van der Waals surface area (Å²) in [6.45, 7) is 12.1. The van der Waals surface area contributed by atoms with Gasteiger partial charge >= 0.3 is 24.0 Å². The molecule has 38 heavy (non-hydrogen) atoms. The normalized spacial score (nSPS) is 13.3. The average Bonchev–Trinajstić information content (AvgIpc) is 2.80. The van der Waals surface area contributed by atoms with Gasteiger partial charge in [0, 0.05) is 18.9 Å². The third kappa shape index (κ3) is 12.1. The Labute approximate surface area is 221 Å². The molecule has 12 heteroatoms. The highest BCUT2D eigenvalue weighted by atomic mass is 19.4. The number of anilines is 2. The van der Waals surface area contributed by atoms with Crippen LogP contribution in [0, 0.1) is 11.8 Å². The van der Waals surface area contributed by atoms with E-state index < -0.39 is 47.5 Å². The summed E-state index contributed by atoms with van der Waals surface area (Å²) < 4.78 is 60.1. The van der Waals surface area contributed by atoms with E-state index >= 15 is 0 Å². The molecule has 0 bridgehead atoms. The van der Waals surface area contributed by atoms with Crippen LogP contribution in [0.4, 0.5) is 24.5 Å². The van der Waals surface area contributed by atoms with Gasteiger partial charge in [0.15, 0.2) is 0 Å². The SMILES string of the molecule is CC(C)CCO[C@@H](C)COC(=O)c1cc(C(=O)OC[C@H](C)OCCC(C)C)c(NC(=O)C(F)(F)F)cc1N. The number of hydrogen-bond acceptors (Lipinski definition) is 8. The van der Waals surface area contributed by atoms with Gasteiger partial charge in [-0.3, -0.25) is 4.79 Å². The van der Waals surface area contributed by atoms with E-state index in [0.29, 0.717) is 25.0 Å². The largest absolute Gasteiger partial charge is 0.471 e. The Morgan fingerprint density at radius 3 is 1.68 bits per heavy atom. The lowest BCUT2D eigenvalue weighted by Gasteiger charge is -2.18. The number of rotatable bonds is 15. The second-order valence-corrected chi connectivity index (χ2v) is 9.86. The minimum atomic E-state index is -5.22. The van der Waals surface area contributed by atoms with Gasteiger partial charge in [0.05, 0.1) is 29.0 Å². The number of esters is 2. The molecule has 216 valence electrons. The predicted molar refractivity (Wildman–Crippen MR) is 136 cm³/mol. The summed E-state index contributed by atoms with van der Waals surface area (Å²) in [6.07, 6.45) is -4.54. The van der Waals surface area contributed by atoms with Gasteiger partial charge in [-0.25, -0.2) is 9.59 Å². The maximum atomic E-state index is 12.9. The summed E-state index contributed by atoms with van der Waals surface area (Å²) in [5, 5.41) is 1.61. The van der Waals surface area contributed by atoms with E-state index in [1.165, 1.54) is 0 Å². The van der Waals surface area contributed by atoms with Crippen molar-refractivity contribution in [1.29, 1.82) is 0 Å². The monoisotopic (exact) mass is 548 g/mol. The molecule has 1 aromatic carbocycles. The second-order valence-electron chi connectivity index (χ2n) is 9.86. The number of carbonyl (C=O) groups excluding carboxylic acids is 3. The van der Waals surface area contributed by atoms with Crippen LogP contribution in [-0.2, 0) is 23.7 Å². The van der Waals surface area contributed by atoms with E-state index in [9.17, 15) is 27.6 Å². The molecule has 0 spiro atoms. The number of ether oxygens (including phenoxy) is 4. The first-order valence-electron chi connectivity index (χ1n) is 12.5. The van der Waals surface area contributed by atoms with Crippen LogP contribution in [0.1, 0.15) is 75.1 Å². The molecule has 3 N–H and O–H groups in total. The summed E-state index contributed by atoms with van der Waals surface area (Å²) in [7, 11) is 0. The lowest BCUT2D eigenvalue weighted by molar-refractivity contribution is -0.167. The predicted octanol–water partition coefficient (Wildman–Crippen LogP) is 4.99. The number of hydrogen-bond donors (Lipinski definition) is 2. The van der Waals surface area contributed by atoms with Crippen LogP contribution < -0.4 is 11.1 Å². The maximum Gasteiger partial charge on any atom is 0.471 e. The molecule has 1 aromatic rings. The Hall–Kier alpha value is -2.86. The molecule has 0 saturated carbocycles. The highest BCUT2D eigenvalue weighted by Gasteiger charge is 2.39. The minimum Gasteiger partial charge on any atom is -0.459 e. The van der Waals surface area contributed by atoms with Crippen LogP contribution in [-0.4, -0.2) is 62.7 Å². The fraction of sp³-hybridized carbons (Fsp3) is 0.654. The number of amides is 1. The van der Waals surface area contributed by atoms with Gasteiger partial charge in [0.25, 0.3) is 0 Å². The van der Waals surface area contributed by atoms with Crippen molar-refractivity contribution in [1.82, 2.24) is 0 Å². The molecule has 0 aliphatic carbocycles. The molecule has 0 heterocycles. The first-order chi connectivity index (χ1) is 17.6. The number of alkyl halides is 3. The summed E-state index contributed by atoms with van der Waals surface area (Å²) in [5.41, 5.74) is 4.21. The number of nitrogens with two attached hydrogens (primary N) is 1. The zero-order chi connectivity index (χ0) is 29.0. The zero-order valence-electron chi connectivity index (χ0n) is 22.8. The van der Waals surface area contributed by atoms with Crippen LogP contribution in [0.15, 0.2) is 12.1 Å². The van der Waals surface area contributed by atoms with E-state index in [1.807, 2.05) is 27.7 Å². The van der Waals surface area contributed by atoms with Crippen molar-refractivity contribution >= 4 is 29.2 Å². The van der Waals surface area contributed by atoms with Crippen LogP contribution in [0.5, 0.6) is 0 Å². The van der Waals surface area contributed by atoms with Crippen molar-refractivity contribution in [3.8, 4) is 0 Å². The van der Waals surface area contributed by atoms with Gasteiger partial charge < -0.3 is 30.0 Å². The van der Waals surface area contributed by atoms with E-state index in [4.69, 9.17) is 24.7 Å². The highest BCUT2D eigenvalue weighted by molar-refractivity contribution is 6.07. The van der Waals surface area contributed by atoms with Crippen molar-refractivity contribution < 1.29 is 46.5 Å². The minimum absolute atomic E-state index is 0.117. The molecule has 1 rings (SSSR count). The van der Waals surface area contributed by atoms with Crippen LogP contribution in [0.3, 0.4) is 0 Å². The van der Waals surface area contributed by atoms with Crippen molar-refractivity contribution in [2.24, 2.45) is 11.8 Å². The van der Waals surface area contributed by atoms with Crippen molar-refractivity contribution in [2.75, 3.05) is 37.5 Å². The molecule has 2 atom stereocenters. The lowest BCUT2D eigenvalue weighted by atomic mass is 10.1. The topological polar surface area (TPSA) is 126 Å². The third-order valence-corrected chi connectivity index (χ3v) is 5.23. The van der Waals surface area contributed by atoms with Crippen molar-refractivity contribution in [2.45, 2.75) is 72.8 Å². The van der Waals surface area contributed by atoms with Gasteiger partial charge in [-0.2, -0.15) is 13.2 Å². The number of nitrogens with one attached hydrogen (secondary N) is 1. The molecule has 0 aliphatic heterocycles. The Bertz CT molecular complexity index is 936. The van der Waals surface area contributed by atoms with Crippen LogP contribution >= 0.6 is 0 Å². The summed E-state index contributed by atoms with van der Waals surface area (Å²) in [6, 6.07) is 1.81.